The van der Waals surface area contributed by atoms with E-state index in [0.717, 1.165) is 0 Å². The van der Waals surface area contributed by atoms with Crippen LogP contribution < -0.4 is 0 Å². The average molecular weight is 390 g/mol. The van der Waals surface area contributed by atoms with Gasteiger partial charge in [-0.2, -0.15) is 0 Å². The van der Waals surface area contributed by atoms with Crippen LogP contribution in [0.1, 0.15) is 56.3 Å². The lowest BCUT2D eigenvalue weighted by Gasteiger charge is -2.27. The van der Waals surface area contributed by atoms with E-state index < -0.39 is 0 Å². The Kier molecular flexibility index (Phi) is 3.99. The second-order valence-electron chi connectivity index (χ2n) is 8.76. The largest absolute Gasteiger partial charge is 0.337 e. The highest BCUT2D eigenvalue weighted by Gasteiger charge is 2.26. The van der Waals surface area contributed by atoms with Crippen molar-refractivity contribution in [3.05, 3.63) is 72.4 Å². The molecule has 0 aliphatic heterocycles. The molecule has 1 nitrogen and oxygen atoms in total. The lowest BCUT2D eigenvalue weighted by molar-refractivity contribution is 0.360. The summed E-state index contributed by atoms with van der Waals surface area (Å²) in [6.45, 7) is 6.39. The fourth-order valence-corrected chi connectivity index (χ4v) is 5.98. The van der Waals surface area contributed by atoms with Crippen molar-refractivity contribution in [3.8, 4) is 0 Å². The van der Waals surface area contributed by atoms with E-state index >= 15 is 0 Å². The van der Waals surface area contributed by atoms with E-state index in [1.54, 1.807) is 0 Å². The maximum absolute atomic E-state index is 4.26. The molecule has 0 atom stereocenters. The molecule has 0 N–H and O–H groups in total. The summed E-state index contributed by atoms with van der Waals surface area (Å²) in [4.78, 5) is 0. The molecule has 30 heavy (non-hydrogen) atoms. The van der Waals surface area contributed by atoms with Crippen molar-refractivity contribution in [1.29, 1.82) is 0 Å². The summed E-state index contributed by atoms with van der Waals surface area (Å²) in [5, 5.41) is 9.59. The minimum Gasteiger partial charge on any atom is -0.337 e. The lowest BCUT2D eigenvalue weighted by atomic mass is 9.90. The van der Waals surface area contributed by atoms with Crippen LogP contribution in [0.5, 0.6) is 0 Å². The summed E-state index contributed by atoms with van der Waals surface area (Å²) in [5.74, 6) is 0. The zero-order valence-electron chi connectivity index (χ0n) is 17.6. The fraction of sp³-hybridized carbons (Fsp3) is 0.241. The highest BCUT2D eigenvalue weighted by molar-refractivity contribution is 6.34. The summed E-state index contributed by atoms with van der Waals surface area (Å²) >= 11 is 0. The SMILES string of the molecule is C=Cc1c(/C=C\C)n(C2CCCCC2)c2c3cccc4ccc5cccc(c12)c5c43. The molecular formula is C29H27N. The Labute approximate surface area is 177 Å². The quantitative estimate of drug-likeness (QED) is 0.272. The van der Waals surface area contributed by atoms with Crippen molar-refractivity contribution < 1.29 is 0 Å². The Morgan fingerprint density at radius 3 is 2.17 bits per heavy atom. The number of aromatic nitrogens is 1. The zero-order valence-corrected chi connectivity index (χ0v) is 17.6. The van der Waals surface area contributed by atoms with Crippen LogP contribution in [0.2, 0.25) is 0 Å². The lowest BCUT2D eigenvalue weighted by Crippen LogP contribution is -2.14. The first-order valence-corrected chi connectivity index (χ1v) is 11.3. The van der Waals surface area contributed by atoms with Crippen LogP contribution in [0.4, 0.5) is 0 Å². The van der Waals surface area contributed by atoms with E-state index in [1.807, 2.05) is 0 Å². The molecule has 1 aliphatic rings. The Bertz CT molecular complexity index is 1440. The predicted molar refractivity (Wildman–Crippen MR) is 133 cm³/mol. The third kappa shape index (κ3) is 2.29. The highest BCUT2D eigenvalue weighted by atomic mass is 15.0. The minimum absolute atomic E-state index is 0.562. The summed E-state index contributed by atoms with van der Waals surface area (Å²) in [5.41, 5.74) is 4.01. The van der Waals surface area contributed by atoms with Crippen molar-refractivity contribution >= 4 is 55.4 Å². The normalized spacial score (nSPS) is 16.0. The molecule has 1 saturated carbocycles. The molecule has 5 aromatic rings. The molecule has 0 unspecified atom stereocenters. The minimum atomic E-state index is 0.562. The highest BCUT2D eigenvalue weighted by Crippen LogP contribution is 2.46. The second kappa shape index (κ2) is 6.74. The van der Waals surface area contributed by atoms with E-state index in [4.69, 9.17) is 0 Å². The van der Waals surface area contributed by atoms with Gasteiger partial charge in [-0.1, -0.05) is 86.5 Å². The topological polar surface area (TPSA) is 4.93 Å². The molecule has 1 aliphatic carbocycles. The van der Waals surface area contributed by atoms with Crippen LogP contribution in [0.15, 0.2) is 61.2 Å². The maximum atomic E-state index is 4.26. The molecule has 6 rings (SSSR count). The van der Waals surface area contributed by atoms with E-state index in [2.05, 4.69) is 84.8 Å². The van der Waals surface area contributed by atoms with Crippen LogP contribution in [0.25, 0.3) is 55.4 Å². The van der Waals surface area contributed by atoms with E-state index in [-0.39, 0.29) is 0 Å². The molecule has 0 radical (unpaired) electrons. The first-order chi connectivity index (χ1) is 14.8. The van der Waals surface area contributed by atoms with E-state index in [0.29, 0.717) is 6.04 Å². The van der Waals surface area contributed by atoms with Gasteiger partial charge in [0, 0.05) is 28.1 Å². The van der Waals surface area contributed by atoms with Crippen molar-refractivity contribution in [3.63, 3.8) is 0 Å². The molecule has 4 aromatic carbocycles. The van der Waals surface area contributed by atoms with Gasteiger partial charge in [-0.05, 0) is 52.8 Å². The number of nitrogens with zero attached hydrogens (tertiary/aromatic N) is 1. The van der Waals surface area contributed by atoms with Crippen molar-refractivity contribution in [2.45, 2.75) is 45.1 Å². The number of rotatable bonds is 3. The van der Waals surface area contributed by atoms with Gasteiger partial charge < -0.3 is 4.57 Å². The van der Waals surface area contributed by atoms with E-state index in [9.17, 15) is 0 Å². The summed E-state index contributed by atoms with van der Waals surface area (Å²) in [6, 6.07) is 18.7. The third-order valence-electron chi connectivity index (χ3n) is 7.16. The van der Waals surface area contributed by atoms with Gasteiger partial charge in [0.05, 0.1) is 5.52 Å². The third-order valence-corrected chi connectivity index (χ3v) is 7.16. The van der Waals surface area contributed by atoms with Crippen molar-refractivity contribution in [2.24, 2.45) is 0 Å². The van der Waals surface area contributed by atoms with E-state index in [1.165, 1.54) is 86.6 Å². The van der Waals surface area contributed by atoms with Gasteiger partial charge >= 0.3 is 0 Å². The van der Waals surface area contributed by atoms with Gasteiger partial charge in [-0.3, -0.25) is 0 Å². The van der Waals surface area contributed by atoms with Gasteiger partial charge in [-0.25, -0.2) is 0 Å². The van der Waals surface area contributed by atoms with Crippen LogP contribution in [0, 0.1) is 0 Å². The van der Waals surface area contributed by atoms with Gasteiger partial charge in [0.1, 0.15) is 0 Å². The number of benzene rings is 4. The summed E-state index contributed by atoms with van der Waals surface area (Å²) < 4.78 is 2.68. The fourth-order valence-electron chi connectivity index (χ4n) is 5.98. The first-order valence-electron chi connectivity index (χ1n) is 11.3. The van der Waals surface area contributed by atoms with Crippen LogP contribution in [-0.2, 0) is 0 Å². The molecule has 1 aromatic heterocycles. The Morgan fingerprint density at radius 1 is 0.833 bits per heavy atom. The molecule has 1 fully saturated rings. The Balaban J connectivity index is 1.93. The number of allylic oxidation sites excluding steroid dienone is 1. The standard InChI is InChI=1S/C29H27N/c1-3-10-25-22(4-2)28-23-15-8-11-19-17-18-20-12-9-16-24(27(20)26(19)23)29(28)30(25)21-13-6-5-7-14-21/h3-4,8-12,15-18,21H,2,5-7,13-14H2,1H3/b10-3-. The molecule has 148 valence electrons. The molecule has 0 spiro atoms. The molecule has 0 amide bonds. The molecule has 1 heteroatoms. The van der Waals surface area contributed by atoms with Crippen LogP contribution in [-0.4, -0.2) is 4.57 Å². The maximum Gasteiger partial charge on any atom is 0.0580 e. The molecule has 1 heterocycles. The van der Waals surface area contributed by atoms with Gasteiger partial charge in [0.2, 0.25) is 0 Å². The monoisotopic (exact) mass is 389 g/mol. The van der Waals surface area contributed by atoms with Gasteiger partial charge in [0.25, 0.3) is 0 Å². The number of fused-ring (bicyclic) bond motifs is 3. The summed E-state index contributed by atoms with van der Waals surface area (Å²) in [7, 11) is 0. The van der Waals surface area contributed by atoms with Gasteiger partial charge in [0.15, 0.2) is 0 Å². The van der Waals surface area contributed by atoms with Crippen LogP contribution in [0.3, 0.4) is 0 Å². The molecular weight excluding hydrogens is 362 g/mol. The summed E-state index contributed by atoms with van der Waals surface area (Å²) in [6.07, 6.45) is 13.1. The molecule has 0 saturated heterocycles. The van der Waals surface area contributed by atoms with Crippen molar-refractivity contribution in [2.75, 3.05) is 0 Å². The average Bonchev–Trinajstić information content (AvgIpc) is 3.13. The molecule has 0 bridgehead atoms. The Hall–Kier alpha value is -3.06. The van der Waals surface area contributed by atoms with Crippen molar-refractivity contribution in [1.82, 2.24) is 4.57 Å². The number of hydrogen-bond acceptors (Lipinski definition) is 0. The van der Waals surface area contributed by atoms with Gasteiger partial charge in [-0.15, -0.1) is 0 Å². The zero-order chi connectivity index (χ0) is 20.2. The Morgan fingerprint density at radius 2 is 1.50 bits per heavy atom. The smallest absolute Gasteiger partial charge is 0.0580 e. The first kappa shape index (κ1) is 17.8. The second-order valence-corrected chi connectivity index (χ2v) is 8.76. The predicted octanol–water partition coefficient (Wildman–Crippen LogP) is 8.72. The number of hydrogen-bond donors (Lipinski definition) is 0. The van der Waals surface area contributed by atoms with Crippen LogP contribution >= 0.6 is 0 Å².